The van der Waals surface area contributed by atoms with E-state index in [0.29, 0.717) is 17.1 Å². The SMILES string of the molecule is C[C@@H]1N=C(c2ccccn2)c2ccccc2N(CC(=O)C(C)(C)C)C1=O. The van der Waals surface area contributed by atoms with Gasteiger partial charge in [-0.3, -0.25) is 19.6 Å². The first-order valence-corrected chi connectivity index (χ1v) is 8.72. The highest BCUT2D eigenvalue weighted by Gasteiger charge is 2.33. The highest BCUT2D eigenvalue weighted by molar-refractivity contribution is 6.20. The van der Waals surface area contributed by atoms with Gasteiger partial charge in [-0.25, -0.2) is 0 Å². The van der Waals surface area contributed by atoms with E-state index in [4.69, 9.17) is 0 Å². The molecule has 0 N–H and O–H groups in total. The van der Waals surface area contributed by atoms with Gasteiger partial charge in [0, 0.05) is 17.2 Å². The van der Waals surface area contributed by atoms with Gasteiger partial charge in [0.2, 0.25) is 0 Å². The van der Waals surface area contributed by atoms with Crippen molar-refractivity contribution in [3.63, 3.8) is 0 Å². The van der Waals surface area contributed by atoms with Gasteiger partial charge in [0.1, 0.15) is 6.04 Å². The van der Waals surface area contributed by atoms with Gasteiger partial charge in [0.25, 0.3) is 5.91 Å². The molecule has 1 aromatic carbocycles. The third kappa shape index (κ3) is 3.43. The van der Waals surface area contributed by atoms with E-state index < -0.39 is 11.5 Å². The highest BCUT2D eigenvalue weighted by atomic mass is 16.2. The summed E-state index contributed by atoms with van der Waals surface area (Å²) in [5.41, 5.74) is 2.38. The number of rotatable bonds is 3. The fraction of sp³-hybridized carbons (Fsp3) is 0.333. The lowest BCUT2D eigenvalue weighted by atomic mass is 9.90. The number of aromatic nitrogens is 1. The summed E-state index contributed by atoms with van der Waals surface area (Å²) in [6.07, 6.45) is 1.71. The molecule has 0 fully saturated rings. The van der Waals surface area contributed by atoms with E-state index in [1.807, 2.05) is 63.2 Å². The maximum absolute atomic E-state index is 13.0. The average molecular weight is 349 g/mol. The molecular weight excluding hydrogens is 326 g/mol. The summed E-state index contributed by atoms with van der Waals surface area (Å²) in [5, 5.41) is 0. The summed E-state index contributed by atoms with van der Waals surface area (Å²) in [6.45, 7) is 7.38. The Morgan fingerprint density at radius 1 is 1.12 bits per heavy atom. The molecule has 5 nitrogen and oxygen atoms in total. The summed E-state index contributed by atoms with van der Waals surface area (Å²) in [6, 6.07) is 12.6. The van der Waals surface area contributed by atoms with Crippen LogP contribution in [0.25, 0.3) is 0 Å². The van der Waals surface area contributed by atoms with Gasteiger partial charge >= 0.3 is 0 Å². The second-order valence-electron chi connectivity index (χ2n) is 7.48. The van der Waals surface area contributed by atoms with Gasteiger partial charge in [0.15, 0.2) is 5.78 Å². The molecule has 0 bridgehead atoms. The number of para-hydroxylation sites is 1. The lowest BCUT2D eigenvalue weighted by molar-refractivity contribution is -0.127. The molecule has 0 saturated carbocycles. The maximum atomic E-state index is 13.0. The number of aliphatic imine (C=N–C) groups is 1. The molecule has 1 aliphatic rings. The van der Waals surface area contributed by atoms with E-state index in [2.05, 4.69) is 9.98 Å². The third-order valence-corrected chi connectivity index (χ3v) is 4.44. The van der Waals surface area contributed by atoms with Gasteiger partial charge < -0.3 is 4.90 Å². The van der Waals surface area contributed by atoms with Crippen LogP contribution in [-0.2, 0) is 9.59 Å². The number of nitrogens with zero attached hydrogens (tertiary/aromatic N) is 3. The summed E-state index contributed by atoms with van der Waals surface area (Å²) >= 11 is 0. The van der Waals surface area contributed by atoms with Crippen LogP contribution in [-0.4, -0.2) is 35.0 Å². The lowest BCUT2D eigenvalue weighted by Crippen LogP contribution is -2.43. The van der Waals surface area contributed by atoms with Crippen molar-refractivity contribution in [1.29, 1.82) is 0 Å². The molecule has 1 atom stereocenters. The standard InChI is InChI=1S/C21H23N3O2/c1-14-20(26)24(13-18(25)21(2,3)4)17-11-6-5-9-15(17)19(23-14)16-10-7-8-12-22-16/h5-12,14H,13H2,1-4H3/t14-/m0/s1. The van der Waals surface area contributed by atoms with Crippen LogP contribution in [0.3, 0.4) is 0 Å². The Bertz CT molecular complexity index is 866. The third-order valence-electron chi connectivity index (χ3n) is 4.44. The molecule has 2 aromatic rings. The zero-order valence-corrected chi connectivity index (χ0v) is 15.6. The Labute approximate surface area is 153 Å². The maximum Gasteiger partial charge on any atom is 0.251 e. The number of anilines is 1. The summed E-state index contributed by atoms with van der Waals surface area (Å²) < 4.78 is 0. The zero-order valence-electron chi connectivity index (χ0n) is 15.6. The quantitative estimate of drug-likeness (QED) is 0.854. The number of benzene rings is 1. The van der Waals surface area contributed by atoms with Crippen molar-refractivity contribution in [3.8, 4) is 0 Å². The topological polar surface area (TPSA) is 62.6 Å². The number of amides is 1. The number of benzodiazepines with no additional fused rings is 1. The van der Waals surface area contributed by atoms with E-state index >= 15 is 0 Å². The molecule has 2 heterocycles. The fourth-order valence-corrected chi connectivity index (χ4v) is 2.82. The first kappa shape index (κ1) is 18.0. The molecule has 0 saturated heterocycles. The van der Waals surface area contributed by atoms with Crippen molar-refractivity contribution < 1.29 is 9.59 Å². The number of Topliss-reactive ketones (excluding diaryl/α,β-unsaturated/α-hetero) is 1. The van der Waals surface area contributed by atoms with Crippen LogP contribution in [0.4, 0.5) is 5.69 Å². The number of pyridine rings is 1. The van der Waals surface area contributed by atoms with Crippen LogP contribution < -0.4 is 4.90 Å². The van der Waals surface area contributed by atoms with Gasteiger partial charge in [-0.1, -0.05) is 45.0 Å². The minimum atomic E-state index is -0.591. The van der Waals surface area contributed by atoms with Crippen LogP contribution in [0.5, 0.6) is 0 Å². The van der Waals surface area contributed by atoms with E-state index in [1.165, 1.54) is 0 Å². The molecule has 1 aromatic heterocycles. The van der Waals surface area contributed by atoms with Crippen molar-refractivity contribution in [2.75, 3.05) is 11.4 Å². The Morgan fingerprint density at radius 2 is 1.81 bits per heavy atom. The number of fused-ring (bicyclic) bond motifs is 1. The first-order valence-electron chi connectivity index (χ1n) is 8.72. The highest BCUT2D eigenvalue weighted by Crippen LogP contribution is 2.29. The summed E-state index contributed by atoms with van der Waals surface area (Å²) in [7, 11) is 0. The molecule has 134 valence electrons. The Hall–Kier alpha value is -2.82. The molecule has 26 heavy (non-hydrogen) atoms. The average Bonchev–Trinajstić information content (AvgIpc) is 2.72. The fourth-order valence-electron chi connectivity index (χ4n) is 2.82. The summed E-state index contributed by atoms with van der Waals surface area (Å²) in [5.74, 6) is -0.171. The smallest absolute Gasteiger partial charge is 0.251 e. The van der Waals surface area contributed by atoms with Crippen molar-refractivity contribution in [2.24, 2.45) is 10.4 Å². The normalized spacial score (nSPS) is 17.4. The molecule has 1 amide bonds. The second kappa shape index (κ2) is 6.83. The second-order valence-corrected chi connectivity index (χ2v) is 7.48. The minimum Gasteiger partial charge on any atom is -0.302 e. The molecule has 0 unspecified atom stereocenters. The molecule has 0 spiro atoms. The van der Waals surface area contributed by atoms with Crippen LogP contribution >= 0.6 is 0 Å². The Morgan fingerprint density at radius 3 is 2.46 bits per heavy atom. The van der Waals surface area contributed by atoms with Gasteiger partial charge in [-0.05, 0) is 25.1 Å². The monoisotopic (exact) mass is 349 g/mol. The number of hydrogen-bond acceptors (Lipinski definition) is 4. The molecule has 5 heteroatoms. The predicted molar refractivity (Wildman–Crippen MR) is 103 cm³/mol. The Balaban J connectivity index is 2.12. The van der Waals surface area contributed by atoms with Crippen molar-refractivity contribution >= 4 is 23.1 Å². The van der Waals surface area contributed by atoms with Crippen molar-refractivity contribution in [2.45, 2.75) is 33.7 Å². The first-order chi connectivity index (χ1) is 12.3. The van der Waals surface area contributed by atoms with E-state index in [0.717, 1.165) is 5.56 Å². The molecule has 3 rings (SSSR count). The van der Waals surface area contributed by atoms with Crippen LogP contribution in [0, 0.1) is 5.41 Å². The van der Waals surface area contributed by atoms with Crippen molar-refractivity contribution in [3.05, 3.63) is 59.9 Å². The predicted octanol–water partition coefficient (Wildman–Crippen LogP) is 3.27. The van der Waals surface area contributed by atoms with Crippen molar-refractivity contribution in [1.82, 2.24) is 4.98 Å². The lowest BCUT2D eigenvalue weighted by Gasteiger charge is -2.27. The Kier molecular flexibility index (Phi) is 4.72. The molecular formula is C21H23N3O2. The van der Waals surface area contributed by atoms with E-state index in [-0.39, 0.29) is 18.2 Å². The van der Waals surface area contributed by atoms with Crippen LogP contribution in [0.1, 0.15) is 39.0 Å². The number of carbonyl (C=O) groups is 2. The van der Waals surface area contributed by atoms with Gasteiger partial charge in [-0.2, -0.15) is 0 Å². The van der Waals surface area contributed by atoms with Crippen LogP contribution in [0.15, 0.2) is 53.7 Å². The number of ketones is 1. The van der Waals surface area contributed by atoms with Gasteiger partial charge in [-0.15, -0.1) is 0 Å². The summed E-state index contributed by atoms with van der Waals surface area (Å²) in [4.78, 5) is 36.2. The molecule has 0 radical (unpaired) electrons. The van der Waals surface area contributed by atoms with E-state index in [1.54, 1.807) is 18.0 Å². The van der Waals surface area contributed by atoms with Crippen LogP contribution in [0.2, 0.25) is 0 Å². The molecule has 1 aliphatic heterocycles. The van der Waals surface area contributed by atoms with E-state index in [9.17, 15) is 9.59 Å². The zero-order chi connectivity index (χ0) is 18.9. The van der Waals surface area contributed by atoms with Gasteiger partial charge in [0.05, 0.1) is 23.6 Å². The number of hydrogen-bond donors (Lipinski definition) is 0. The number of carbonyl (C=O) groups excluding carboxylic acids is 2. The molecule has 0 aliphatic carbocycles. The largest absolute Gasteiger partial charge is 0.302 e. The minimum absolute atomic E-state index is 0.00846.